The zero-order valence-corrected chi connectivity index (χ0v) is 22.5. The number of alkyl halides is 6. The van der Waals surface area contributed by atoms with E-state index in [0.717, 1.165) is 28.9 Å². The summed E-state index contributed by atoms with van der Waals surface area (Å²) in [4.78, 5) is 8.32. The molecule has 1 heterocycles. The van der Waals surface area contributed by atoms with Crippen LogP contribution in [-0.2, 0) is 25.4 Å². The molecular formula is C27H33F6N7. The Hall–Kier alpha value is -3.74. The fraction of sp³-hybridized carbons (Fsp3) is 0.407. The monoisotopic (exact) mass is 569 g/mol. The highest BCUT2D eigenvalue weighted by molar-refractivity contribution is 5.82. The number of pyridine rings is 1. The number of aromatic nitrogens is 1. The van der Waals surface area contributed by atoms with E-state index in [9.17, 15) is 26.3 Å². The van der Waals surface area contributed by atoms with Crippen molar-refractivity contribution in [2.24, 2.45) is 16.7 Å². The predicted molar refractivity (Wildman–Crippen MR) is 144 cm³/mol. The molecule has 0 amide bonds. The van der Waals surface area contributed by atoms with Crippen molar-refractivity contribution >= 4 is 22.7 Å². The van der Waals surface area contributed by atoms with Crippen molar-refractivity contribution in [1.29, 1.82) is 0 Å². The molecule has 0 bridgehead atoms. The van der Waals surface area contributed by atoms with Crippen molar-refractivity contribution in [3.05, 3.63) is 70.8 Å². The number of hydrogen-bond acceptors (Lipinski definition) is 5. The van der Waals surface area contributed by atoms with Gasteiger partial charge in [-0.25, -0.2) is 15.9 Å². The summed E-state index contributed by atoms with van der Waals surface area (Å²) in [5.74, 6) is 6.09. The van der Waals surface area contributed by atoms with Crippen LogP contribution in [0.25, 0.3) is 10.9 Å². The number of fused-ring (bicyclic) bond motifs is 1. The molecule has 3 rings (SSSR count). The quantitative estimate of drug-likeness (QED) is 0.103. The van der Waals surface area contributed by atoms with E-state index in [0.29, 0.717) is 36.6 Å². The van der Waals surface area contributed by atoms with Gasteiger partial charge in [-0.1, -0.05) is 31.5 Å². The lowest BCUT2D eigenvalue weighted by molar-refractivity contribution is -0.143. The van der Waals surface area contributed by atoms with Gasteiger partial charge in [-0.05, 0) is 49.2 Å². The molecule has 0 unspecified atom stereocenters. The second-order valence-corrected chi connectivity index (χ2v) is 9.40. The van der Waals surface area contributed by atoms with Crippen molar-refractivity contribution < 1.29 is 26.3 Å². The van der Waals surface area contributed by atoms with E-state index in [2.05, 4.69) is 16.9 Å². The lowest BCUT2D eigenvalue weighted by Gasteiger charge is -2.29. The Morgan fingerprint density at radius 2 is 1.55 bits per heavy atom. The van der Waals surface area contributed by atoms with Crippen LogP contribution in [0.4, 0.5) is 32.2 Å². The molecule has 0 saturated carbocycles. The van der Waals surface area contributed by atoms with Crippen LogP contribution in [0.5, 0.6) is 0 Å². The van der Waals surface area contributed by atoms with Crippen LogP contribution in [0.15, 0.2) is 53.6 Å². The Balaban J connectivity index is 2.14. The number of halogens is 6. The minimum absolute atomic E-state index is 0.00341. The lowest BCUT2D eigenvalue weighted by atomic mass is 10.0. The molecule has 0 fully saturated rings. The lowest BCUT2D eigenvalue weighted by Crippen LogP contribution is -2.40. The zero-order valence-electron chi connectivity index (χ0n) is 22.5. The van der Waals surface area contributed by atoms with Crippen molar-refractivity contribution in [3.8, 4) is 0 Å². The number of benzene rings is 2. The zero-order chi connectivity index (χ0) is 29.7. The van der Waals surface area contributed by atoms with Gasteiger partial charge in [0.05, 0.1) is 16.6 Å². The number of hydrazone groups is 1. The largest absolute Gasteiger partial charge is 0.416 e. The highest BCUT2D eigenvalue weighted by atomic mass is 19.4. The molecule has 40 heavy (non-hydrogen) atoms. The van der Waals surface area contributed by atoms with Crippen molar-refractivity contribution in [2.45, 2.75) is 52.1 Å². The molecular weight excluding hydrogens is 536 g/mol. The van der Waals surface area contributed by atoms with E-state index in [1.54, 1.807) is 0 Å². The van der Waals surface area contributed by atoms with Gasteiger partial charge in [0.15, 0.2) is 0 Å². The molecule has 7 nitrogen and oxygen atoms in total. The van der Waals surface area contributed by atoms with E-state index < -0.39 is 30.0 Å². The summed E-state index contributed by atoms with van der Waals surface area (Å²) in [5.41, 5.74) is 4.56. The third-order valence-electron chi connectivity index (χ3n) is 6.21. The number of nitrogens with zero attached hydrogens (tertiary/aromatic N) is 5. The normalized spacial score (nSPS) is 12.6. The predicted octanol–water partition coefficient (Wildman–Crippen LogP) is 5.94. The number of para-hydroxylation sites is 1. The number of nitrogens with two attached hydrogens (primary N) is 2. The van der Waals surface area contributed by atoms with Crippen molar-refractivity contribution in [1.82, 2.24) is 15.0 Å². The number of hydrazine groups is 1. The maximum Gasteiger partial charge on any atom is 0.416 e. The molecule has 218 valence electrons. The summed E-state index contributed by atoms with van der Waals surface area (Å²) < 4.78 is 81.1. The molecule has 0 aliphatic heterocycles. The van der Waals surface area contributed by atoms with Gasteiger partial charge in [0, 0.05) is 44.2 Å². The van der Waals surface area contributed by atoms with Gasteiger partial charge in [0.2, 0.25) is 5.96 Å². The first-order valence-electron chi connectivity index (χ1n) is 12.7. The van der Waals surface area contributed by atoms with E-state index in [1.807, 2.05) is 37.3 Å². The number of anilines is 1. The highest BCUT2D eigenvalue weighted by Gasteiger charge is 2.37. The van der Waals surface area contributed by atoms with E-state index in [1.165, 1.54) is 11.9 Å². The number of guanidine groups is 1. The molecule has 4 N–H and O–H groups in total. The fourth-order valence-electron chi connectivity index (χ4n) is 4.28. The molecule has 1 aromatic heterocycles. The van der Waals surface area contributed by atoms with Crippen LogP contribution < -0.4 is 16.5 Å². The van der Waals surface area contributed by atoms with Crippen LogP contribution in [0.1, 0.15) is 48.9 Å². The maximum atomic E-state index is 13.5. The second kappa shape index (κ2) is 12.6. The summed E-state index contributed by atoms with van der Waals surface area (Å²) in [5, 5.41) is 5.70. The maximum absolute atomic E-state index is 13.5. The van der Waals surface area contributed by atoms with Crippen LogP contribution >= 0.6 is 0 Å². The Morgan fingerprint density at radius 1 is 0.925 bits per heavy atom. The fourth-order valence-corrected chi connectivity index (χ4v) is 4.28. The van der Waals surface area contributed by atoms with Gasteiger partial charge in [-0.2, -0.15) is 26.3 Å². The first kappa shape index (κ1) is 30.8. The molecule has 0 atom stereocenters. The third-order valence-corrected chi connectivity index (χ3v) is 6.21. The first-order valence-corrected chi connectivity index (χ1v) is 12.7. The van der Waals surface area contributed by atoms with E-state index in [4.69, 9.17) is 16.6 Å². The molecule has 0 aliphatic rings. The summed E-state index contributed by atoms with van der Waals surface area (Å²) in [6.07, 6.45) is -8.11. The molecule has 0 saturated heterocycles. The van der Waals surface area contributed by atoms with Gasteiger partial charge in [0.25, 0.3) is 0 Å². The molecule has 3 aromatic rings. The summed E-state index contributed by atoms with van der Waals surface area (Å²) in [6, 6.07) is 10.8. The standard InChI is InChI=1S/C27H33F6N7/c1-4-6-11-39(5-2)24-20(14-19-9-7-8-10-23(19)36-24)17-40(25(34)37-38(3)35)16-18-12-21(26(28,29)30)15-22(13-18)27(31,32)33/h7-10,12-15H,4-6,11,16-17,35H2,1-3H3,(H2,34,37). The topological polar surface area (TPSA) is 87.0 Å². The average Bonchev–Trinajstić information content (AvgIpc) is 2.87. The van der Waals surface area contributed by atoms with Crippen molar-refractivity contribution in [3.63, 3.8) is 0 Å². The Kier molecular flexibility index (Phi) is 9.72. The molecule has 0 aliphatic carbocycles. The molecule has 0 spiro atoms. The van der Waals surface area contributed by atoms with Gasteiger partial charge >= 0.3 is 12.4 Å². The highest BCUT2D eigenvalue weighted by Crippen LogP contribution is 2.37. The first-order chi connectivity index (χ1) is 18.7. The summed E-state index contributed by atoms with van der Waals surface area (Å²) in [7, 11) is 1.39. The Morgan fingerprint density at radius 3 is 2.10 bits per heavy atom. The average molecular weight is 570 g/mol. The van der Waals surface area contributed by atoms with E-state index >= 15 is 0 Å². The summed E-state index contributed by atoms with van der Waals surface area (Å²) >= 11 is 0. The van der Waals surface area contributed by atoms with Gasteiger partial charge in [0.1, 0.15) is 5.82 Å². The van der Waals surface area contributed by atoms with Crippen molar-refractivity contribution in [2.75, 3.05) is 25.0 Å². The minimum atomic E-state index is -4.98. The van der Waals surface area contributed by atoms with Gasteiger partial charge in [-0.15, -0.1) is 5.10 Å². The van der Waals surface area contributed by atoms with Gasteiger partial charge < -0.3 is 15.5 Å². The van der Waals surface area contributed by atoms with Crippen LogP contribution in [-0.4, -0.2) is 41.1 Å². The SMILES string of the molecule is CCCCN(CC)c1nc2ccccc2cc1CN(Cc1cc(C(F)(F)F)cc(C(F)(F)F)c1)/C(N)=N/N(C)N. The summed E-state index contributed by atoms with van der Waals surface area (Å²) in [6.45, 7) is 4.99. The minimum Gasteiger partial charge on any atom is -0.368 e. The Bertz CT molecular complexity index is 1290. The van der Waals surface area contributed by atoms with Crippen LogP contribution in [0.2, 0.25) is 0 Å². The number of hydrogen-bond donors (Lipinski definition) is 2. The van der Waals surface area contributed by atoms with Crippen LogP contribution in [0, 0.1) is 0 Å². The smallest absolute Gasteiger partial charge is 0.368 e. The Labute approximate surface area is 229 Å². The van der Waals surface area contributed by atoms with Gasteiger partial charge in [-0.3, -0.25) is 0 Å². The molecule has 2 aromatic carbocycles. The van der Waals surface area contributed by atoms with Crippen LogP contribution in [0.3, 0.4) is 0 Å². The number of unbranched alkanes of at least 4 members (excludes halogenated alkanes) is 1. The third kappa shape index (κ3) is 7.90. The molecule has 0 radical (unpaired) electrons. The van der Waals surface area contributed by atoms with E-state index in [-0.39, 0.29) is 24.1 Å². The molecule has 13 heteroatoms. The number of rotatable bonds is 10. The second-order valence-electron chi connectivity index (χ2n) is 9.40.